The van der Waals surface area contributed by atoms with E-state index in [0.717, 1.165) is 11.9 Å². The van der Waals surface area contributed by atoms with Crippen LogP contribution in [0.5, 0.6) is 0 Å². The van der Waals surface area contributed by atoms with Gasteiger partial charge in [-0.25, -0.2) is 4.98 Å². The number of hydrogen-bond acceptors (Lipinski definition) is 2. The summed E-state index contributed by atoms with van der Waals surface area (Å²) in [6.07, 6.45) is 0.792. The van der Waals surface area contributed by atoms with E-state index < -0.39 is 0 Å². The molecule has 3 rings (SSSR count). The number of rotatable bonds is 0. The van der Waals surface area contributed by atoms with E-state index in [1.807, 2.05) is 18.2 Å². The van der Waals surface area contributed by atoms with Crippen LogP contribution in [0.25, 0.3) is 10.9 Å². The van der Waals surface area contributed by atoms with Crippen molar-refractivity contribution in [3.8, 4) is 0 Å². The molecule has 4 heteroatoms. The van der Waals surface area contributed by atoms with Gasteiger partial charge >= 0.3 is 0 Å². The Morgan fingerprint density at radius 3 is 3.07 bits per heavy atom. The van der Waals surface area contributed by atoms with E-state index in [0.29, 0.717) is 17.8 Å². The summed E-state index contributed by atoms with van der Waals surface area (Å²) in [5.74, 6) is 0.709. The first kappa shape index (κ1) is 8.92. The molecule has 0 spiro atoms. The first-order chi connectivity index (χ1) is 7.27. The molecular formula is C11H9ClN2O. The van der Waals surface area contributed by atoms with Crippen molar-refractivity contribution in [3.63, 3.8) is 0 Å². The van der Waals surface area contributed by atoms with E-state index in [1.54, 1.807) is 10.6 Å². The van der Waals surface area contributed by atoms with Crippen molar-refractivity contribution in [2.24, 2.45) is 0 Å². The Kier molecular flexibility index (Phi) is 1.83. The van der Waals surface area contributed by atoms with Gasteiger partial charge in [0.25, 0.3) is 5.56 Å². The average molecular weight is 221 g/mol. The molecule has 1 atom stereocenters. The van der Waals surface area contributed by atoms with Crippen molar-refractivity contribution < 1.29 is 0 Å². The minimum Gasteiger partial charge on any atom is -0.295 e. The molecule has 1 aromatic carbocycles. The molecule has 0 saturated carbocycles. The highest BCUT2D eigenvalue weighted by atomic mass is 35.5. The zero-order valence-corrected chi connectivity index (χ0v) is 8.74. The monoisotopic (exact) mass is 220 g/mol. The lowest BCUT2D eigenvalue weighted by Crippen LogP contribution is -2.20. The van der Waals surface area contributed by atoms with Crippen LogP contribution in [0.2, 0.25) is 0 Å². The molecule has 0 fully saturated rings. The number of alkyl halides is 1. The Hall–Kier alpha value is -1.35. The van der Waals surface area contributed by atoms with Crippen LogP contribution >= 0.6 is 11.6 Å². The van der Waals surface area contributed by atoms with E-state index in [-0.39, 0.29) is 10.9 Å². The molecule has 15 heavy (non-hydrogen) atoms. The minimum atomic E-state index is -0.123. The van der Waals surface area contributed by atoms with Crippen LogP contribution in [0, 0.1) is 0 Å². The summed E-state index contributed by atoms with van der Waals surface area (Å²) < 4.78 is 1.68. The smallest absolute Gasteiger partial charge is 0.261 e. The molecule has 0 aliphatic carbocycles. The molecule has 76 valence electrons. The Bertz CT molecular complexity index is 591. The van der Waals surface area contributed by atoms with Crippen LogP contribution in [0.15, 0.2) is 29.1 Å². The lowest BCUT2D eigenvalue weighted by molar-refractivity contribution is 0.717. The number of fused-ring (bicyclic) bond motifs is 2. The summed E-state index contributed by atoms with van der Waals surface area (Å²) in [5, 5.41) is 0.550. The highest BCUT2D eigenvalue weighted by molar-refractivity contribution is 6.20. The fourth-order valence-corrected chi connectivity index (χ4v) is 2.28. The highest BCUT2D eigenvalue weighted by Crippen LogP contribution is 2.29. The van der Waals surface area contributed by atoms with Gasteiger partial charge in [0.2, 0.25) is 0 Å². The second-order valence-corrected chi connectivity index (χ2v) is 4.23. The van der Waals surface area contributed by atoms with Crippen LogP contribution in [0.3, 0.4) is 0 Å². The molecule has 1 aromatic heterocycles. The van der Waals surface area contributed by atoms with Gasteiger partial charge in [0, 0.05) is 6.54 Å². The third kappa shape index (κ3) is 1.20. The van der Waals surface area contributed by atoms with Crippen molar-refractivity contribution in [2.45, 2.75) is 18.3 Å². The van der Waals surface area contributed by atoms with Crippen molar-refractivity contribution in [3.05, 3.63) is 40.4 Å². The number of halogens is 1. The maximum Gasteiger partial charge on any atom is 0.261 e. The molecule has 1 aliphatic heterocycles. The van der Waals surface area contributed by atoms with Gasteiger partial charge in [0.05, 0.1) is 16.3 Å². The largest absolute Gasteiger partial charge is 0.295 e. The summed E-state index contributed by atoms with van der Waals surface area (Å²) in [7, 11) is 0. The van der Waals surface area contributed by atoms with Crippen molar-refractivity contribution in [1.29, 1.82) is 0 Å². The molecule has 1 aliphatic rings. The summed E-state index contributed by atoms with van der Waals surface area (Å²) in [6.45, 7) is 0.681. The van der Waals surface area contributed by atoms with Crippen molar-refractivity contribution in [2.75, 3.05) is 0 Å². The zero-order chi connectivity index (χ0) is 10.4. The Labute approximate surface area is 91.3 Å². The Morgan fingerprint density at radius 2 is 2.20 bits per heavy atom. The van der Waals surface area contributed by atoms with E-state index in [9.17, 15) is 4.79 Å². The van der Waals surface area contributed by atoms with Gasteiger partial charge in [0.1, 0.15) is 5.82 Å². The first-order valence-electron chi connectivity index (χ1n) is 4.91. The summed E-state index contributed by atoms with van der Waals surface area (Å²) >= 11 is 6.09. The summed E-state index contributed by atoms with van der Waals surface area (Å²) in [5.41, 5.74) is 0.764. The maximum absolute atomic E-state index is 12.0. The quantitative estimate of drug-likeness (QED) is 0.638. The molecular weight excluding hydrogens is 212 g/mol. The van der Waals surface area contributed by atoms with E-state index in [2.05, 4.69) is 4.98 Å². The minimum absolute atomic E-state index is 0.0266. The van der Waals surface area contributed by atoms with Crippen LogP contribution in [0.1, 0.15) is 17.6 Å². The summed E-state index contributed by atoms with van der Waals surface area (Å²) in [6, 6.07) is 7.38. The normalized spacial score (nSPS) is 19.4. The number of aromatic nitrogens is 2. The van der Waals surface area contributed by atoms with Gasteiger partial charge in [-0.2, -0.15) is 0 Å². The van der Waals surface area contributed by atoms with E-state index >= 15 is 0 Å². The van der Waals surface area contributed by atoms with Crippen molar-refractivity contribution in [1.82, 2.24) is 9.55 Å². The fraction of sp³-hybridized carbons (Fsp3) is 0.273. The number of nitrogens with zero attached hydrogens (tertiary/aromatic N) is 2. The Balaban J connectivity index is 2.46. The molecule has 2 aromatic rings. The molecule has 0 amide bonds. The van der Waals surface area contributed by atoms with Gasteiger partial charge in [0.15, 0.2) is 0 Å². The van der Waals surface area contributed by atoms with Crippen LogP contribution < -0.4 is 5.56 Å². The molecule has 0 radical (unpaired) electrons. The second-order valence-electron chi connectivity index (χ2n) is 3.70. The Morgan fingerprint density at radius 1 is 1.40 bits per heavy atom. The van der Waals surface area contributed by atoms with Crippen LogP contribution in [-0.2, 0) is 6.54 Å². The summed E-state index contributed by atoms with van der Waals surface area (Å²) in [4.78, 5) is 16.5. The topological polar surface area (TPSA) is 34.9 Å². The molecule has 0 saturated heterocycles. The van der Waals surface area contributed by atoms with E-state index in [1.165, 1.54) is 0 Å². The van der Waals surface area contributed by atoms with Gasteiger partial charge in [-0.3, -0.25) is 9.36 Å². The second kappa shape index (κ2) is 3.07. The highest BCUT2D eigenvalue weighted by Gasteiger charge is 2.23. The fourth-order valence-electron chi connectivity index (χ4n) is 2.01. The van der Waals surface area contributed by atoms with Gasteiger partial charge in [-0.1, -0.05) is 12.1 Å². The van der Waals surface area contributed by atoms with Crippen LogP contribution in [-0.4, -0.2) is 9.55 Å². The number of para-hydroxylation sites is 1. The lowest BCUT2D eigenvalue weighted by Gasteiger charge is -2.05. The van der Waals surface area contributed by atoms with Gasteiger partial charge in [-0.15, -0.1) is 11.6 Å². The third-order valence-electron chi connectivity index (χ3n) is 2.78. The predicted octanol–water partition coefficient (Wildman–Crippen LogP) is 2.08. The number of hydrogen-bond donors (Lipinski definition) is 0. The molecule has 0 bridgehead atoms. The SMILES string of the molecule is O=c1c2ccccc2nc2n1CCC2Cl. The maximum atomic E-state index is 12.0. The first-order valence-corrected chi connectivity index (χ1v) is 5.34. The van der Waals surface area contributed by atoms with Crippen molar-refractivity contribution >= 4 is 22.5 Å². The van der Waals surface area contributed by atoms with Gasteiger partial charge < -0.3 is 0 Å². The van der Waals surface area contributed by atoms with Gasteiger partial charge in [-0.05, 0) is 18.6 Å². The molecule has 2 heterocycles. The number of benzene rings is 1. The standard InChI is InChI=1S/C11H9ClN2O/c12-8-5-6-14-10(8)13-9-4-2-1-3-7(9)11(14)15/h1-4,8H,5-6H2. The predicted molar refractivity (Wildman–Crippen MR) is 59.2 cm³/mol. The molecule has 1 unspecified atom stereocenters. The zero-order valence-electron chi connectivity index (χ0n) is 7.98. The lowest BCUT2D eigenvalue weighted by atomic mass is 10.2. The van der Waals surface area contributed by atoms with E-state index in [4.69, 9.17) is 11.6 Å². The molecule has 3 nitrogen and oxygen atoms in total. The van der Waals surface area contributed by atoms with Crippen LogP contribution in [0.4, 0.5) is 0 Å². The average Bonchev–Trinajstić information content (AvgIpc) is 2.62. The molecule has 0 N–H and O–H groups in total. The third-order valence-corrected chi connectivity index (χ3v) is 3.19.